The lowest BCUT2D eigenvalue weighted by Crippen LogP contribution is -2.23. The van der Waals surface area contributed by atoms with Gasteiger partial charge in [0.2, 0.25) is 12.0 Å². The molecule has 0 fully saturated rings. The maximum absolute atomic E-state index is 10.2. The van der Waals surface area contributed by atoms with Crippen molar-refractivity contribution in [1.82, 2.24) is 4.57 Å². The van der Waals surface area contributed by atoms with Crippen LogP contribution in [0.5, 0.6) is 0 Å². The van der Waals surface area contributed by atoms with Crippen molar-refractivity contribution in [3.8, 4) is 0 Å². The Bertz CT molecular complexity index is 303. The minimum atomic E-state index is -6.00. The van der Waals surface area contributed by atoms with Crippen molar-refractivity contribution in [2.75, 3.05) is 0 Å². The second-order valence-electron chi connectivity index (χ2n) is 2.56. The standard InChI is InChI=1S/C6H9N2O.BF4/c1-7-3-6(4-9)8(2)5-7;2-1(3,4)5/h3-5H,1-2H3;/q+1;-1. The molecule has 3 nitrogen and oxygen atoms in total. The van der Waals surface area contributed by atoms with Crippen molar-refractivity contribution < 1.29 is 26.6 Å². The summed E-state index contributed by atoms with van der Waals surface area (Å²) in [4.78, 5) is 10.2. The summed E-state index contributed by atoms with van der Waals surface area (Å²) in [7, 11) is -2.28. The number of carbonyl (C=O) groups excluding carboxylic acids is 1. The molecule has 80 valence electrons. The third-order valence-corrected chi connectivity index (χ3v) is 1.22. The molecule has 0 amide bonds. The maximum atomic E-state index is 10.2. The summed E-state index contributed by atoms with van der Waals surface area (Å²) in [5.41, 5.74) is 0.692. The van der Waals surface area contributed by atoms with Crippen LogP contribution in [-0.4, -0.2) is 18.1 Å². The summed E-state index contributed by atoms with van der Waals surface area (Å²) >= 11 is 0. The minimum Gasteiger partial charge on any atom is -0.418 e. The van der Waals surface area contributed by atoms with E-state index in [2.05, 4.69) is 0 Å². The molecule has 0 saturated heterocycles. The topological polar surface area (TPSA) is 25.9 Å². The zero-order valence-electron chi connectivity index (χ0n) is 7.62. The molecule has 1 aromatic rings. The number of rotatable bonds is 1. The first-order valence-corrected chi connectivity index (χ1v) is 3.58. The molecule has 1 aromatic heterocycles. The van der Waals surface area contributed by atoms with Crippen molar-refractivity contribution in [1.29, 1.82) is 0 Å². The van der Waals surface area contributed by atoms with Gasteiger partial charge in [-0.3, -0.25) is 4.79 Å². The fourth-order valence-electron chi connectivity index (χ4n) is 0.786. The average Bonchev–Trinajstić information content (AvgIpc) is 2.25. The molecule has 0 aliphatic carbocycles. The van der Waals surface area contributed by atoms with Crippen LogP contribution in [0.25, 0.3) is 0 Å². The molecule has 0 radical (unpaired) electrons. The molecule has 0 atom stereocenters. The van der Waals surface area contributed by atoms with E-state index in [9.17, 15) is 22.1 Å². The molecular formula is C6H9BF4N2O. The van der Waals surface area contributed by atoms with Crippen molar-refractivity contribution in [2.45, 2.75) is 0 Å². The summed E-state index contributed by atoms with van der Waals surface area (Å²) in [6.07, 6.45) is 4.44. The van der Waals surface area contributed by atoms with Crippen molar-refractivity contribution in [3.63, 3.8) is 0 Å². The first kappa shape index (κ1) is 12.7. The lowest BCUT2D eigenvalue weighted by molar-refractivity contribution is -0.671. The van der Waals surface area contributed by atoms with Crippen LogP contribution in [0.15, 0.2) is 12.5 Å². The van der Waals surface area contributed by atoms with Gasteiger partial charge in [0.25, 0.3) is 0 Å². The highest BCUT2D eigenvalue weighted by Gasteiger charge is 2.20. The summed E-state index contributed by atoms with van der Waals surface area (Å²) < 4.78 is 42.6. The van der Waals surface area contributed by atoms with Crippen molar-refractivity contribution in [2.24, 2.45) is 14.1 Å². The van der Waals surface area contributed by atoms with E-state index < -0.39 is 7.25 Å². The molecule has 0 spiro atoms. The first-order chi connectivity index (χ1) is 6.24. The normalized spacial score (nSPS) is 10.4. The zero-order chi connectivity index (χ0) is 11.4. The van der Waals surface area contributed by atoms with Gasteiger partial charge in [-0.1, -0.05) is 0 Å². The minimum absolute atomic E-state index is 0.692. The van der Waals surface area contributed by atoms with E-state index in [1.165, 1.54) is 0 Å². The molecule has 0 aromatic carbocycles. The number of imidazole rings is 1. The summed E-state index contributed by atoms with van der Waals surface area (Å²) in [5, 5.41) is 0. The van der Waals surface area contributed by atoms with Gasteiger partial charge in [-0.2, -0.15) is 0 Å². The molecule has 0 bridgehead atoms. The van der Waals surface area contributed by atoms with Crippen LogP contribution < -0.4 is 4.57 Å². The Hall–Kier alpha value is -1.34. The molecule has 0 saturated carbocycles. The SMILES string of the molecule is Cn1c[n+](C)cc1C=O.F[B-](F)(F)F. The highest BCUT2D eigenvalue weighted by atomic mass is 19.5. The van der Waals surface area contributed by atoms with Gasteiger partial charge in [-0.15, -0.1) is 0 Å². The first-order valence-electron chi connectivity index (χ1n) is 3.58. The van der Waals surface area contributed by atoms with Gasteiger partial charge < -0.3 is 17.3 Å². The Morgan fingerprint density at radius 3 is 2.00 bits per heavy atom. The average molecular weight is 212 g/mol. The van der Waals surface area contributed by atoms with Crippen LogP contribution in [0.2, 0.25) is 0 Å². The number of halogens is 4. The number of aromatic nitrogens is 2. The van der Waals surface area contributed by atoms with E-state index in [0.717, 1.165) is 6.29 Å². The van der Waals surface area contributed by atoms with Crippen molar-refractivity contribution in [3.05, 3.63) is 18.2 Å². The van der Waals surface area contributed by atoms with Crippen LogP contribution >= 0.6 is 0 Å². The molecule has 0 aliphatic heterocycles. The van der Waals surface area contributed by atoms with E-state index in [-0.39, 0.29) is 0 Å². The number of carbonyl (C=O) groups is 1. The lowest BCUT2D eigenvalue weighted by atomic mass is 10.3. The largest absolute Gasteiger partial charge is 0.673 e. The van der Waals surface area contributed by atoms with E-state index in [4.69, 9.17) is 0 Å². The van der Waals surface area contributed by atoms with Crippen LogP contribution in [0.4, 0.5) is 17.3 Å². The number of aryl methyl sites for hydroxylation is 2. The van der Waals surface area contributed by atoms with Crippen molar-refractivity contribution >= 4 is 13.5 Å². The Morgan fingerprint density at radius 1 is 1.43 bits per heavy atom. The highest BCUT2D eigenvalue weighted by Crippen LogP contribution is 2.06. The Kier molecular flexibility index (Phi) is 4.32. The third-order valence-electron chi connectivity index (χ3n) is 1.22. The molecule has 0 N–H and O–H groups in total. The van der Waals surface area contributed by atoms with Crippen LogP contribution in [0, 0.1) is 0 Å². The monoisotopic (exact) mass is 212 g/mol. The van der Waals surface area contributed by atoms with Crippen LogP contribution in [0.3, 0.4) is 0 Å². The number of hydrogen-bond donors (Lipinski definition) is 0. The van der Waals surface area contributed by atoms with E-state index >= 15 is 0 Å². The molecular weight excluding hydrogens is 203 g/mol. The van der Waals surface area contributed by atoms with Gasteiger partial charge in [0, 0.05) is 0 Å². The van der Waals surface area contributed by atoms with Gasteiger partial charge in [0.15, 0.2) is 6.29 Å². The Balaban J connectivity index is 0.000000292. The molecule has 8 heteroatoms. The van der Waals surface area contributed by atoms with Gasteiger partial charge in [-0.05, 0) is 0 Å². The molecule has 0 unspecified atom stereocenters. The van der Waals surface area contributed by atoms with E-state index in [1.807, 2.05) is 25.0 Å². The number of nitrogens with zero attached hydrogens (tertiary/aromatic N) is 2. The molecule has 14 heavy (non-hydrogen) atoms. The molecule has 0 aliphatic rings. The highest BCUT2D eigenvalue weighted by molar-refractivity contribution is 6.50. The third kappa shape index (κ3) is 6.21. The fraction of sp³-hybridized carbons (Fsp3) is 0.333. The van der Waals surface area contributed by atoms with Gasteiger partial charge in [0.1, 0.15) is 6.20 Å². The van der Waals surface area contributed by atoms with Gasteiger partial charge in [0.05, 0.1) is 14.1 Å². The van der Waals surface area contributed by atoms with Crippen LogP contribution in [0.1, 0.15) is 10.5 Å². The van der Waals surface area contributed by atoms with E-state index in [1.54, 1.807) is 10.8 Å². The number of aldehydes is 1. The second kappa shape index (κ2) is 4.78. The molecule has 1 heterocycles. The second-order valence-corrected chi connectivity index (χ2v) is 2.56. The zero-order valence-corrected chi connectivity index (χ0v) is 7.62. The summed E-state index contributed by atoms with van der Waals surface area (Å²) in [6.45, 7) is 0. The summed E-state index contributed by atoms with van der Waals surface area (Å²) in [5.74, 6) is 0. The number of hydrogen-bond acceptors (Lipinski definition) is 1. The lowest BCUT2D eigenvalue weighted by Gasteiger charge is -1.94. The smallest absolute Gasteiger partial charge is 0.418 e. The Labute approximate surface area is 78.1 Å². The van der Waals surface area contributed by atoms with Crippen LogP contribution in [-0.2, 0) is 14.1 Å². The predicted octanol–water partition coefficient (Wildman–Crippen LogP) is 0.962. The molecule has 1 rings (SSSR count). The Morgan fingerprint density at radius 2 is 1.86 bits per heavy atom. The van der Waals surface area contributed by atoms with Gasteiger partial charge >= 0.3 is 7.25 Å². The van der Waals surface area contributed by atoms with Gasteiger partial charge in [-0.25, -0.2) is 9.13 Å². The quantitative estimate of drug-likeness (QED) is 0.294. The maximum Gasteiger partial charge on any atom is 0.673 e. The summed E-state index contributed by atoms with van der Waals surface area (Å²) in [6, 6.07) is 0. The fourth-order valence-corrected chi connectivity index (χ4v) is 0.786. The predicted molar refractivity (Wildman–Crippen MR) is 42.2 cm³/mol. The van der Waals surface area contributed by atoms with E-state index in [0.29, 0.717) is 5.69 Å².